The molecule has 24 heavy (non-hydrogen) atoms. The molecule has 124 valence electrons. The first-order chi connectivity index (χ1) is 11.4. The summed E-state index contributed by atoms with van der Waals surface area (Å²) in [4.78, 5) is 35.4. The molecular weight excluding hydrogens is 306 g/mol. The number of esters is 1. The zero-order valence-electron chi connectivity index (χ0n) is 13.6. The number of nitrogens with two attached hydrogens (primary N) is 1. The van der Waals surface area contributed by atoms with Crippen molar-refractivity contribution in [3.05, 3.63) is 70.8 Å². The fourth-order valence-electron chi connectivity index (χ4n) is 2.19. The van der Waals surface area contributed by atoms with Crippen LogP contribution in [0, 0.1) is 0 Å². The second kappa shape index (κ2) is 7.55. The normalized spacial score (nSPS) is 11.6. The number of ether oxygens (including phenoxy) is 1. The summed E-state index contributed by atoms with van der Waals surface area (Å²) in [5, 5.41) is 0. The summed E-state index contributed by atoms with van der Waals surface area (Å²) in [6.07, 6.45) is -0.0128. The van der Waals surface area contributed by atoms with Crippen LogP contribution in [-0.4, -0.2) is 23.8 Å². The van der Waals surface area contributed by atoms with E-state index in [0.717, 1.165) is 12.0 Å². The van der Waals surface area contributed by atoms with Crippen LogP contribution in [0.4, 0.5) is 0 Å². The Morgan fingerprint density at radius 2 is 1.42 bits per heavy atom. The van der Waals surface area contributed by atoms with Crippen molar-refractivity contribution in [1.29, 1.82) is 0 Å². The lowest BCUT2D eigenvalue weighted by Gasteiger charge is -2.13. The van der Waals surface area contributed by atoms with E-state index in [9.17, 15) is 14.4 Å². The van der Waals surface area contributed by atoms with E-state index < -0.39 is 18.0 Å². The Balaban J connectivity index is 2.04. The van der Waals surface area contributed by atoms with Crippen LogP contribution in [0.2, 0.25) is 0 Å². The lowest BCUT2D eigenvalue weighted by atomic mass is 10.0. The number of carbonyl (C=O) groups is 3. The highest BCUT2D eigenvalue weighted by Crippen LogP contribution is 2.12. The average molecular weight is 325 g/mol. The molecule has 5 nitrogen and oxygen atoms in total. The molecule has 0 aliphatic rings. The Labute approximate surface area is 140 Å². The summed E-state index contributed by atoms with van der Waals surface area (Å²) in [5.74, 6) is -1.47. The number of amides is 1. The second-order valence-corrected chi connectivity index (χ2v) is 5.40. The lowest BCUT2D eigenvalue weighted by Crippen LogP contribution is -2.24. The molecule has 0 unspecified atom stereocenters. The molecule has 1 atom stereocenters. The largest absolute Gasteiger partial charge is 0.451 e. The van der Waals surface area contributed by atoms with Gasteiger partial charge in [0.25, 0.3) is 0 Å². The summed E-state index contributed by atoms with van der Waals surface area (Å²) in [7, 11) is 0. The maximum absolute atomic E-state index is 12.3. The number of ketones is 1. The molecule has 2 rings (SSSR count). The number of rotatable bonds is 6. The highest BCUT2D eigenvalue weighted by molar-refractivity contribution is 6.01. The number of Topliss-reactive ketones (excluding diaryl/α,β-unsaturated/α-hetero) is 1. The minimum atomic E-state index is -0.902. The van der Waals surface area contributed by atoms with Crippen molar-refractivity contribution in [2.75, 3.05) is 0 Å². The van der Waals surface area contributed by atoms with E-state index in [0.29, 0.717) is 11.1 Å². The van der Waals surface area contributed by atoms with Crippen LogP contribution in [0.15, 0.2) is 48.5 Å². The van der Waals surface area contributed by atoms with Crippen LogP contribution in [0.5, 0.6) is 0 Å². The molecule has 2 N–H and O–H groups in total. The Kier molecular flexibility index (Phi) is 5.47. The zero-order valence-corrected chi connectivity index (χ0v) is 13.6. The van der Waals surface area contributed by atoms with Crippen molar-refractivity contribution in [2.24, 2.45) is 5.73 Å². The van der Waals surface area contributed by atoms with E-state index in [-0.39, 0.29) is 11.3 Å². The third kappa shape index (κ3) is 4.07. The van der Waals surface area contributed by atoms with Crippen LogP contribution in [0.3, 0.4) is 0 Å². The minimum absolute atomic E-state index is 0.251. The van der Waals surface area contributed by atoms with E-state index in [1.54, 1.807) is 12.1 Å². The number of aryl methyl sites for hydroxylation is 1. The maximum Gasteiger partial charge on any atom is 0.338 e. The molecule has 0 aromatic heterocycles. The SMILES string of the molecule is CCc1ccc(C(=O)[C@H](C)OC(=O)c2ccc(C(N)=O)cc2)cc1. The average Bonchev–Trinajstić information content (AvgIpc) is 2.61. The number of hydrogen-bond acceptors (Lipinski definition) is 4. The van der Waals surface area contributed by atoms with Gasteiger partial charge in [-0.05, 0) is 43.2 Å². The first-order valence-corrected chi connectivity index (χ1v) is 7.66. The van der Waals surface area contributed by atoms with E-state index >= 15 is 0 Å². The molecule has 1 amide bonds. The number of hydrogen-bond donors (Lipinski definition) is 1. The highest BCUT2D eigenvalue weighted by atomic mass is 16.5. The fraction of sp³-hybridized carbons (Fsp3) is 0.211. The van der Waals surface area contributed by atoms with Crippen LogP contribution < -0.4 is 5.73 Å². The molecule has 0 saturated carbocycles. The van der Waals surface area contributed by atoms with Gasteiger partial charge in [-0.3, -0.25) is 9.59 Å². The summed E-state index contributed by atoms with van der Waals surface area (Å²) in [6.45, 7) is 3.57. The van der Waals surface area contributed by atoms with E-state index in [4.69, 9.17) is 10.5 Å². The predicted octanol–water partition coefficient (Wildman–Crippen LogP) is 2.78. The molecule has 0 fully saturated rings. The molecule has 0 radical (unpaired) electrons. The molecule has 5 heteroatoms. The zero-order chi connectivity index (χ0) is 17.7. The van der Waals surface area contributed by atoms with Gasteiger partial charge in [-0.1, -0.05) is 31.2 Å². The van der Waals surface area contributed by atoms with Gasteiger partial charge in [0.15, 0.2) is 6.10 Å². The van der Waals surface area contributed by atoms with Crippen molar-refractivity contribution in [3.63, 3.8) is 0 Å². The van der Waals surface area contributed by atoms with Gasteiger partial charge in [0, 0.05) is 11.1 Å². The smallest absolute Gasteiger partial charge is 0.338 e. The summed E-state index contributed by atoms with van der Waals surface area (Å²) < 4.78 is 5.20. The molecule has 0 aliphatic carbocycles. The Morgan fingerprint density at radius 3 is 1.92 bits per heavy atom. The maximum atomic E-state index is 12.3. The Hall–Kier alpha value is -2.95. The molecular formula is C19H19NO4. The van der Waals surface area contributed by atoms with Crippen molar-refractivity contribution < 1.29 is 19.1 Å². The van der Waals surface area contributed by atoms with Gasteiger partial charge in [0.05, 0.1) is 5.56 Å². The van der Waals surface area contributed by atoms with Crippen molar-refractivity contribution in [2.45, 2.75) is 26.4 Å². The summed E-state index contributed by atoms with van der Waals surface area (Å²) in [5.41, 5.74) is 7.32. The quantitative estimate of drug-likeness (QED) is 0.653. The molecule has 0 saturated heterocycles. The van der Waals surface area contributed by atoms with Gasteiger partial charge in [-0.2, -0.15) is 0 Å². The number of primary amides is 1. The minimum Gasteiger partial charge on any atom is -0.451 e. The van der Waals surface area contributed by atoms with Crippen LogP contribution in [-0.2, 0) is 11.2 Å². The topological polar surface area (TPSA) is 86.5 Å². The number of benzene rings is 2. The fourth-order valence-corrected chi connectivity index (χ4v) is 2.19. The van der Waals surface area contributed by atoms with Gasteiger partial charge >= 0.3 is 5.97 Å². The van der Waals surface area contributed by atoms with Gasteiger partial charge in [0.1, 0.15) is 0 Å². The van der Waals surface area contributed by atoms with Gasteiger partial charge in [0.2, 0.25) is 11.7 Å². The first-order valence-electron chi connectivity index (χ1n) is 7.66. The monoisotopic (exact) mass is 325 g/mol. The second-order valence-electron chi connectivity index (χ2n) is 5.40. The van der Waals surface area contributed by atoms with Crippen molar-refractivity contribution in [1.82, 2.24) is 0 Å². The molecule has 2 aromatic carbocycles. The first kappa shape index (κ1) is 17.4. The van der Waals surface area contributed by atoms with Gasteiger partial charge in [-0.25, -0.2) is 4.79 Å². The van der Waals surface area contributed by atoms with Crippen LogP contribution in [0.25, 0.3) is 0 Å². The molecule has 0 aliphatic heterocycles. The van der Waals surface area contributed by atoms with Crippen molar-refractivity contribution in [3.8, 4) is 0 Å². The lowest BCUT2D eigenvalue weighted by molar-refractivity contribution is 0.0318. The van der Waals surface area contributed by atoms with E-state index in [2.05, 4.69) is 0 Å². The van der Waals surface area contributed by atoms with Crippen molar-refractivity contribution >= 4 is 17.7 Å². The van der Waals surface area contributed by atoms with Gasteiger partial charge in [-0.15, -0.1) is 0 Å². The third-order valence-electron chi connectivity index (χ3n) is 3.70. The Bertz CT molecular complexity index is 748. The summed E-state index contributed by atoms with van der Waals surface area (Å²) >= 11 is 0. The number of carbonyl (C=O) groups excluding carboxylic acids is 3. The summed E-state index contributed by atoms with van der Waals surface area (Å²) in [6, 6.07) is 13.0. The molecule has 0 heterocycles. The van der Waals surface area contributed by atoms with E-state index in [1.807, 2.05) is 19.1 Å². The highest BCUT2D eigenvalue weighted by Gasteiger charge is 2.20. The van der Waals surface area contributed by atoms with Crippen LogP contribution in [0.1, 0.15) is 50.5 Å². The molecule has 2 aromatic rings. The molecule has 0 bridgehead atoms. The predicted molar refractivity (Wildman–Crippen MR) is 90.0 cm³/mol. The Morgan fingerprint density at radius 1 is 0.917 bits per heavy atom. The van der Waals surface area contributed by atoms with Crippen LogP contribution >= 0.6 is 0 Å². The van der Waals surface area contributed by atoms with E-state index in [1.165, 1.54) is 31.2 Å². The molecule has 0 spiro atoms. The standard InChI is InChI=1S/C19H19NO4/c1-3-13-4-6-14(7-5-13)17(21)12(2)24-19(23)16-10-8-15(9-11-16)18(20)22/h4-12H,3H2,1-2H3,(H2,20,22)/t12-/m0/s1. The van der Waals surface area contributed by atoms with Gasteiger partial charge < -0.3 is 10.5 Å². The third-order valence-corrected chi connectivity index (χ3v) is 3.70.